The predicted molar refractivity (Wildman–Crippen MR) is 75.1 cm³/mol. The fourth-order valence-corrected chi connectivity index (χ4v) is 2.27. The van der Waals surface area contributed by atoms with Crippen molar-refractivity contribution in [3.8, 4) is 0 Å². The Bertz CT molecular complexity index is 172. The Labute approximate surface area is 107 Å². The molecule has 0 heterocycles. The minimum absolute atomic E-state index is 1.12. The molecule has 0 aromatic carbocycles. The van der Waals surface area contributed by atoms with Crippen molar-refractivity contribution in [3.63, 3.8) is 0 Å². The van der Waals surface area contributed by atoms with Crippen LogP contribution in [-0.2, 0) is 0 Å². The Morgan fingerprint density at radius 1 is 1.07 bits per heavy atom. The van der Waals surface area contributed by atoms with Gasteiger partial charge in [-0.1, -0.05) is 60.9 Å². The number of rotatable bonds is 7. The lowest BCUT2D eigenvalue weighted by Gasteiger charge is -2.09. The normalized spacial score (nSPS) is 13.4. The van der Waals surface area contributed by atoms with Crippen molar-refractivity contribution in [2.45, 2.75) is 52.4 Å². The summed E-state index contributed by atoms with van der Waals surface area (Å²) >= 11 is 8.17. The van der Waals surface area contributed by atoms with Crippen LogP contribution in [0.4, 0.5) is 0 Å². The van der Waals surface area contributed by atoms with Crippen molar-refractivity contribution < 1.29 is 0 Å². The summed E-state index contributed by atoms with van der Waals surface area (Å²) in [7, 11) is 0. The third kappa shape index (κ3) is 6.07. The van der Waals surface area contributed by atoms with E-state index in [-0.39, 0.29) is 0 Å². The molecular formula is C12H20ClI. The van der Waals surface area contributed by atoms with Gasteiger partial charge >= 0.3 is 0 Å². The number of unbranched alkanes of at least 4 members (excludes halogenated alkanes) is 2. The maximum Gasteiger partial charge on any atom is 0.00774 e. The molecule has 0 aliphatic carbocycles. The average molecular weight is 327 g/mol. The fourth-order valence-electron chi connectivity index (χ4n) is 1.30. The minimum Gasteiger partial charge on any atom is -0.0926 e. The summed E-state index contributed by atoms with van der Waals surface area (Å²) in [4.78, 5) is 0. The van der Waals surface area contributed by atoms with Gasteiger partial charge in [0, 0.05) is 5.54 Å². The average Bonchev–Trinajstić information content (AvgIpc) is 2.23. The minimum atomic E-state index is 1.12. The summed E-state index contributed by atoms with van der Waals surface area (Å²) in [5, 5.41) is 0. The molecule has 82 valence electrons. The SMILES string of the molecule is CCCCC(=C/Cl)/C(=C\I)CCCC. The summed E-state index contributed by atoms with van der Waals surface area (Å²) < 4.78 is 2.18. The van der Waals surface area contributed by atoms with Crippen molar-refractivity contribution >= 4 is 34.2 Å². The van der Waals surface area contributed by atoms with Crippen LogP contribution in [-0.4, -0.2) is 0 Å². The molecule has 0 aliphatic heterocycles. The van der Waals surface area contributed by atoms with Gasteiger partial charge in [0.1, 0.15) is 0 Å². The number of hydrogen-bond acceptors (Lipinski definition) is 0. The van der Waals surface area contributed by atoms with Crippen LogP contribution in [0.3, 0.4) is 0 Å². The van der Waals surface area contributed by atoms with Gasteiger partial charge < -0.3 is 0 Å². The van der Waals surface area contributed by atoms with E-state index < -0.39 is 0 Å². The third-order valence-corrected chi connectivity index (χ3v) is 3.29. The molecule has 2 heteroatoms. The Balaban J connectivity index is 4.18. The largest absolute Gasteiger partial charge is 0.0926 e. The number of allylic oxidation sites excluding steroid dienone is 2. The fraction of sp³-hybridized carbons (Fsp3) is 0.667. The molecule has 0 rings (SSSR count). The predicted octanol–water partition coefficient (Wildman–Crippen LogP) is 5.81. The van der Waals surface area contributed by atoms with Crippen LogP contribution >= 0.6 is 34.2 Å². The van der Waals surface area contributed by atoms with Gasteiger partial charge in [-0.3, -0.25) is 0 Å². The van der Waals surface area contributed by atoms with Crippen LogP contribution in [0.2, 0.25) is 0 Å². The van der Waals surface area contributed by atoms with Crippen LogP contribution in [0.1, 0.15) is 52.4 Å². The van der Waals surface area contributed by atoms with E-state index in [4.69, 9.17) is 11.6 Å². The molecule has 0 N–H and O–H groups in total. The molecule has 0 fully saturated rings. The van der Waals surface area contributed by atoms with Crippen molar-refractivity contribution in [2.24, 2.45) is 0 Å². The highest BCUT2D eigenvalue weighted by atomic mass is 127. The molecule has 14 heavy (non-hydrogen) atoms. The van der Waals surface area contributed by atoms with Crippen molar-refractivity contribution in [3.05, 3.63) is 20.8 Å². The quantitative estimate of drug-likeness (QED) is 0.409. The molecule has 0 nitrogen and oxygen atoms in total. The summed E-state index contributed by atoms with van der Waals surface area (Å²) in [6.45, 7) is 4.44. The van der Waals surface area contributed by atoms with Gasteiger partial charge in [-0.2, -0.15) is 0 Å². The maximum atomic E-state index is 5.85. The first-order chi connectivity index (χ1) is 6.79. The lowest BCUT2D eigenvalue weighted by molar-refractivity contribution is 0.755. The first-order valence-corrected chi connectivity index (χ1v) is 7.07. The molecule has 0 aliphatic rings. The summed E-state index contributed by atoms with van der Waals surface area (Å²) in [6.07, 6.45) is 7.27. The number of hydrogen-bond donors (Lipinski definition) is 0. The van der Waals surface area contributed by atoms with Crippen LogP contribution in [0.5, 0.6) is 0 Å². The van der Waals surface area contributed by atoms with Gasteiger partial charge in [-0.25, -0.2) is 0 Å². The van der Waals surface area contributed by atoms with E-state index in [1.54, 1.807) is 5.54 Å². The van der Waals surface area contributed by atoms with Crippen molar-refractivity contribution in [1.82, 2.24) is 0 Å². The summed E-state index contributed by atoms with van der Waals surface area (Å²) in [6, 6.07) is 0. The molecule has 0 saturated heterocycles. The smallest absolute Gasteiger partial charge is 0.00774 e. The standard InChI is InChI=1S/C12H20ClI/c1-3-5-7-11(9-13)12(10-14)8-6-4-2/h9-10H,3-8H2,1-2H3/b11-9-,12-10-. The molecular weight excluding hydrogens is 306 g/mol. The molecule has 0 amide bonds. The second kappa shape index (κ2) is 10.0. The van der Waals surface area contributed by atoms with Crippen molar-refractivity contribution in [1.29, 1.82) is 0 Å². The highest BCUT2D eigenvalue weighted by Gasteiger charge is 2.03. The van der Waals surface area contributed by atoms with E-state index in [1.807, 2.05) is 0 Å². The van der Waals surface area contributed by atoms with Gasteiger partial charge in [0.25, 0.3) is 0 Å². The first kappa shape index (κ1) is 14.5. The van der Waals surface area contributed by atoms with Gasteiger partial charge in [-0.05, 0) is 40.9 Å². The lowest BCUT2D eigenvalue weighted by Crippen LogP contribution is -1.90. The monoisotopic (exact) mass is 326 g/mol. The molecule has 0 unspecified atom stereocenters. The molecule has 0 aromatic heterocycles. The van der Waals surface area contributed by atoms with E-state index in [9.17, 15) is 0 Å². The van der Waals surface area contributed by atoms with Crippen LogP contribution in [0, 0.1) is 0 Å². The van der Waals surface area contributed by atoms with Gasteiger partial charge in [0.15, 0.2) is 0 Å². The highest BCUT2D eigenvalue weighted by Crippen LogP contribution is 2.24. The molecule has 0 bridgehead atoms. The lowest BCUT2D eigenvalue weighted by atomic mass is 9.99. The van der Waals surface area contributed by atoms with Gasteiger partial charge in [0.05, 0.1) is 0 Å². The Morgan fingerprint density at radius 3 is 1.93 bits per heavy atom. The molecule has 0 aromatic rings. The molecule has 0 atom stereocenters. The zero-order chi connectivity index (χ0) is 10.8. The van der Waals surface area contributed by atoms with E-state index in [2.05, 4.69) is 40.5 Å². The molecule has 0 saturated carbocycles. The number of halogens is 2. The molecule has 0 radical (unpaired) electrons. The zero-order valence-corrected chi connectivity index (χ0v) is 12.1. The summed E-state index contributed by atoms with van der Waals surface area (Å²) in [5.41, 5.74) is 4.52. The highest BCUT2D eigenvalue weighted by molar-refractivity contribution is 14.1. The van der Waals surface area contributed by atoms with E-state index in [0.29, 0.717) is 0 Å². The zero-order valence-electron chi connectivity index (χ0n) is 9.15. The maximum absolute atomic E-state index is 5.85. The van der Waals surface area contributed by atoms with Crippen molar-refractivity contribution in [2.75, 3.05) is 0 Å². The summed E-state index contributed by atoms with van der Waals surface area (Å²) in [5.74, 6) is 0. The second-order valence-electron chi connectivity index (χ2n) is 3.48. The van der Waals surface area contributed by atoms with Crippen LogP contribution < -0.4 is 0 Å². The van der Waals surface area contributed by atoms with Gasteiger partial charge in [0.2, 0.25) is 0 Å². The van der Waals surface area contributed by atoms with Gasteiger partial charge in [-0.15, -0.1) is 0 Å². The third-order valence-electron chi connectivity index (χ3n) is 2.28. The Kier molecular flexibility index (Phi) is 10.4. The van der Waals surface area contributed by atoms with Crippen LogP contribution in [0.15, 0.2) is 20.8 Å². The Morgan fingerprint density at radius 2 is 1.57 bits per heavy atom. The topological polar surface area (TPSA) is 0 Å². The van der Waals surface area contributed by atoms with E-state index in [0.717, 1.165) is 6.42 Å². The Hall–Kier alpha value is 0.500. The van der Waals surface area contributed by atoms with E-state index >= 15 is 0 Å². The van der Waals surface area contributed by atoms with Crippen LogP contribution in [0.25, 0.3) is 0 Å². The molecule has 0 spiro atoms. The van der Waals surface area contributed by atoms with E-state index in [1.165, 1.54) is 43.3 Å². The first-order valence-electron chi connectivity index (χ1n) is 5.39. The second-order valence-corrected chi connectivity index (χ2v) is 4.32.